The number of pyridine rings is 1. The summed E-state index contributed by atoms with van der Waals surface area (Å²) in [6.07, 6.45) is 4.08. The van der Waals surface area contributed by atoms with Crippen LogP contribution in [-0.4, -0.2) is 48.3 Å². The number of ether oxygens (including phenoxy) is 1. The third kappa shape index (κ3) is 7.47. The fourth-order valence-corrected chi connectivity index (χ4v) is 6.15. The Morgan fingerprint density at radius 1 is 0.946 bits per heavy atom. The first kappa shape index (κ1) is 26.5. The highest BCUT2D eigenvalue weighted by atomic mass is 32.2. The van der Waals surface area contributed by atoms with Crippen molar-refractivity contribution in [2.24, 2.45) is 0 Å². The summed E-state index contributed by atoms with van der Waals surface area (Å²) in [5.41, 5.74) is 2.29. The highest BCUT2D eigenvalue weighted by Gasteiger charge is 2.39. The minimum Gasteiger partial charge on any atom is -0.451 e. The van der Waals surface area contributed by atoms with Crippen molar-refractivity contribution in [3.63, 3.8) is 0 Å². The number of hydrogen-bond acceptors (Lipinski definition) is 6. The normalized spacial score (nSPS) is 17.0. The Balaban J connectivity index is 1.49. The number of aromatic nitrogens is 1. The molecule has 1 N–H and O–H groups in total. The van der Waals surface area contributed by atoms with Crippen molar-refractivity contribution in [3.8, 4) is 0 Å². The molecule has 9 heteroatoms. The van der Waals surface area contributed by atoms with Gasteiger partial charge in [-0.3, -0.25) is 14.6 Å². The number of carbonyl (C=O) groups is 2. The molecule has 0 bridgehead atoms. The molecule has 1 saturated heterocycles. The van der Waals surface area contributed by atoms with E-state index in [2.05, 4.69) is 10.3 Å². The van der Waals surface area contributed by atoms with Gasteiger partial charge in [0, 0.05) is 31.9 Å². The van der Waals surface area contributed by atoms with E-state index in [1.165, 1.54) is 4.31 Å². The van der Waals surface area contributed by atoms with E-state index in [9.17, 15) is 18.0 Å². The lowest BCUT2D eigenvalue weighted by atomic mass is 10.0. The second-order valence-electron chi connectivity index (χ2n) is 9.06. The maximum Gasteiger partial charge on any atom is 0.325 e. The van der Waals surface area contributed by atoms with Crippen LogP contribution >= 0.6 is 0 Å². The molecule has 37 heavy (non-hydrogen) atoms. The van der Waals surface area contributed by atoms with E-state index >= 15 is 0 Å². The molecule has 4 rings (SSSR count). The Bertz CT molecular complexity index is 1270. The Hall–Kier alpha value is -3.56. The van der Waals surface area contributed by atoms with Crippen LogP contribution in [0.1, 0.15) is 36.0 Å². The van der Waals surface area contributed by atoms with Crippen LogP contribution in [0.25, 0.3) is 0 Å². The van der Waals surface area contributed by atoms with Crippen molar-refractivity contribution in [3.05, 3.63) is 102 Å². The second-order valence-corrected chi connectivity index (χ2v) is 11.0. The number of nitrogens with one attached hydrogen (secondary N) is 1. The molecule has 3 aromatic rings. The van der Waals surface area contributed by atoms with Gasteiger partial charge in [0.15, 0.2) is 6.10 Å². The first-order chi connectivity index (χ1) is 17.9. The standard InChI is InChI=1S/C28H31N3O5S/c32-27(30-20-24-14-9-16-29-19-24)26(18-22-10-3-1-4-11-22)36-28(33)25-15-7-8-17-31(25)37(34,35)21-23-12-5-2-6-13-23/h1-6,9-14,16,19,25-26H,7-8,15,17-18,20-21H2,(H,30,32)/t25-,26+/m1/s1. The molecule has 1 aliphatic heterocycles. The zero-order valence-electron chi connectivity index (χ0n) is 20.5. The molecule has 1 fully saturated rings. The molecule has 0 spiro atoms. The average molecular weight is 522 g/mol. The molecule has 1 aliphatic rings. The minimum absolute atomic E-state index is 0.176. The van der Waals surface area contributed by atoms with Crippen LogP contribution in [0.5, 0.6) is 0 Å². The highest BCUT2D eigenvalue weighted by Crippen LogP contribution is 2.25. The molecular formula is C28H31N3O5S. The number of hydrogen-bond donors (Lipinski definition) is 1. The van der Waals surface area contributed by atoms with Gasteiger partial charge in [-0.15, -0.1) is 0 Å². The minimum atomic E-state index is -3.77. The number of benzene rings is 2. The van der Waals surface area contributed by atoms with Crippen LogP contribution in [-0.2, 0) is 43.1 Å². The number of piperidine rings is 1. The van der Waals surface area contributed by atoms with Crippen molar-refractivity contribution >= 4 is 21.9 Å². The van der Waals surface area contributed by atoms with Gasteiger partial charge in [-0.2, -0.15) is 4.31 Å². The van der Waals surface area contributed by atoms with E-state index in [0.29, 0.717) is 24.8 Å². The molecule has 0 aliphatic carbocycles. The van der Waals surface area contributed by atoms with Gasteiger partial charge in [0.05, 0.1) is 5.75 Å². The van der Waals surface area contributed by atoms with Crippen LogP contribution in [0, 0.1) is 0 Å². The van der Waals surface area contributed by atoms with Gasteiger partial charge in [-0.1, -0.05) is 66.7 Å². The summed E-state index contributed by atoms with van der Waals surface area (Å²) in [4.78, 5) is 30.5. The van der Waals surface area contributed by atoms with Gasteiger partial charge in [-0.25, -0.2) is 8.42 Å². The summed E-state index contributed by atoms with van der Waals surface area (Å²) in [6, 6.07) is 20.8. The number of carbonyl (C=O) groups excluding carboxylic acids is 2. The third-order valence-electron chi connectivity index (χ3n) is 6.28. The maximum atomic E-state index is 13.4. The van der Waals surface area contributed by atoms with Crippen molar-refractivity contribution < 1.29 is 22.7 Å². The third-order valence-corrected chi connectivity index (χ3v) is 8.13. The van der Waals surface area contributed by atoms with Gasteiger partial charge >= 0.3 is 5.97 Å². The molecular weight excluding hydrogens is 490 g/mol. The number of rotatable bonds is 10. The topological polar surface area (TPSA) is 106 Å². The predicted octanol–water partition coefficient (Wildman–Crippen LogP) is 3.24. The summed E-state index contributed by atoms with van der Waals surface area (Å²) in [6.45, 7) is 0.474. The van der Waals surface area contributed by atoms with Gasteiger partial charge in [0.25, 0.3) is 5.91 Å². The molecule has 0 radical (unpaired) electrons. The number of sulfonamides is 1. The molecule has 2 atom stereocenters. The predicted molar refractivity (Wildman–Crippen MR) is 140 cm³/mol. The van der Waals surface area contributed by atoms with Gasteiger partial charge < -0.3 is 10.1 Å². The van der Waals surface area contributed by atoms with Gasteiger partial charge in [0.1, 0.15) is 6.04 Å². The fraction of sp³-hybridized carbons (Fsp3) is 0.321. The number of nitrogens with zero attached hydrogens (tertiary/aromatic N) is 2. The molecule has 1 amide bonds. The zero-order valence-corrected chi connectivity index (χ0v) is 21.3. The van der Waals surface area contributed by atoms with Gasteiger partial charge in [-0.05, 0) is 42.0 Å². The summed E-state index contributed by atoms with van der Waals surface area (Å²) in [5.74, 6) is -1.35. The Labute approximate surface area is 217 Å². The Morgan fingerprint density at radius 2 is 1.62 bits per heavy atom. The first-order valence-electron chi connectivity index (χ1n) is 12.4. The first-order valence-corrected chi connectivity index (χ1v) is 14.0. The van der Waals surface area contributed by atoms with Crippen molar-refractivity contribution in [2.75, 3.05) is 6.54 Å². The molecule has 2 heterocycles. The number of amides is 1. The molecule has 0 saturated carbocycles. The largest absolute Gasteiger partial charge is 0.451 e. The lowest BCUT2D eigenvalue weighted by molar-refractivity contribution is -0.160. The van der Waals surface area contributed by atoms with E-state index in [1.54, 1.807) is 42.7 Å². The molecule has 2 aromatic carbocycles. The van der Waals surface area contributed by atoms with Crippen LogP contribution < -0.4 is 5.32 Å². The second kappa shape index (κ2) is 12.6. The summed E-state index contributed by atoms with van der Waals surface area (Å²) in [7, 11) is -3.77. The van der Waals surface area contributed by atoms with Gasteiger partial charge in [0.2, 0.25) is 10.0 Å². The Morgan fingerprint density at radius 3 is 2.30 bits per heavy atom. The smallest absolute Gasteiger partial charge is 0.325 e. The van der Waals surface area contributed by atoms with Crippen LogP contribution in [0.4, 0.5) is 0 Å². The summed E-state index contributed by atoms with van der Waals surface area (Å²) in [5, 5.41) is 2.81. The van der Waals surface area contributed by atoms with E-state index in [0.717, 1.165) is 11.1 Å². The monoisotopic (exact) mass is 521 g/mol. The van der Waals surface area contributed by atoms with Crippen molar-refractivity contribution in [1.29, 1.82) is 0 Å². The fourth-order valence-electron chi connectivity index (χ4n) is 4.38. The molecule has 194 valence electrons. The van der Waals surface area contributed by atoms with E-state index < -0.39 is 34.0 Å². The van der Waals surface area contributed by atoms with Crippen LogP contribution in [0.15, 0.2) is 85.2 Å². The maximum absolute atomic E-state index is 13.4. The zero-order chi connectivity index (χ0) is 26.1. The lowest BCUT2D eigenvalue weighted by Crippen LogP contribution is -2.51. The lowest BCUT2D eigenvalue weighted by Gasteiger charge is -2.34. The molecule has 0 unspecified atom stereocenters. The quantitative estimate of drug-likeness (QED) is 0.411. The molecule has 1 aromatic heterocycles. The van der Waals surface area contributed by atoms with Crippen LogP contribution in [0.3, 0.4) is 0 Å². The summed E-state index contributed by atoms with van der Waals surface area (Å²) >= 11 is 0. The van der Waals surface area contributed by atoms with Crippen molar-refractivity contribution in [1.82, 2.24) is 14.6 Å². The average Bonchev–Trinajstić information content (AvgIpc) is 2.93. The van der Waals surface area contributed by atoms with E-state index in [1.807, 2.05) is 42.5 Å². The van der Waals surface area contributed by atoms with E-state index in [4.69, 9.17) is 4.74 Å². The summed E-state index contributed by atoms with van der Waals surface area (Å²) < 4.78 is 33.5. The highest BCUT2D eigenvalue weighted by molar-refractivity contribution is 7.88. The SMILES string of the molecule is O=C(NCc1cccnc1)[C@H](Cc1ccccc1)OC(=O)[C@H]1CCCCN1S(=O)(=O)Cc1ccccc1. The Kier molecular flexibility index (Phi) is 9.03. The van der Waals surface area contributed by atoms with Crippen LogP contribution in [0.2, 0.25) is 0 Å². The van der Waals surface area contributed by atoms with Crippen molar-refractivity contribution in [2.45, 2.75) is 50.1 Å². The van der Waals surface area contributed by atoms with E-state index in [-0.39, 0.29) is 25.3 Å². The molecule has 8 nitrogen and oxygen atoms in total. The number of esters is 1.